The molecule has 1 fully saturated rings. The first-order valence-corrected chi connectivity index (χ1v) is 8.54. The van der Waals surface area contributed by atoms with Gasteiger partial charge in [-0.2, -0.15) is 0 Å². The van der Waals surface area contributed by atoms with Crippen molar-refractivity contribution in [2.75, 3.05) is 20.2 Å². The highest BCUT2D eigenvalue weighted by Crippen LogP contribution is 2.32. The molecule has 0 saturated heterocycles. The molecule has 1 saturated carbocycles. The molecule has 20 heavy (non-hydrogen) atoms. The second kappa shape index (κ2) is 10.2. The highest BCUT2D eigenvalue weighted by molar-refractivity contribution is 5.78. The smallest absolute Gasteiger partial charge is 0.225 e. The second-order valence-corrected chi connectivity index (χ2v) is 6.40. The van der Waals surface area contributed by atoms with Gasteiger partial charge in [0.05, 0.1) is 0 Å². The van der Waals surface area contributed by atoms with Crippen molar-refractivity contribution in [1.82, 2.24) is 4.90 Å². The van der Waals surface area contributed by atoms with Gasteiger partial charge < -0.3 is 10.0 Å². The summed E-state index contributed by atoms with van der Waals surface area (Å²) >= 11 is 0. The molecule has 1 aliphatic rings. The summed E-state index contributed by atoms with van der Waals surface area (Å²) in [6.45, 7) is 3.36. The number of aliphatic hydroxyl groups is 1. The summed E-state index contributed by atoms with van der Waals surface area (Å²) in [4.78, 5) is 14.3. The second-order valence-electron chi connectivity index (χ2n) is 6.40. The van der Waals surface area contributed by atoms with Crippen LogP contribution in [0.4, 0.5) is 0 Å². The molecule has 0 radical (unpaired) electrons. The van der Waals surface area contributed by atoms with Crippen molar-refractivity contribution in [3.8, 4) is 0 Å². The van der Waals surface area contributed by atoms with Crippen LogP contribution in [0.2, 0.25) is 0 Å². The summed E-state index contributed by atoms with van der Waals surface area (Å²) < 4.78 is 0. The van der Waals surface area contributed by atoms with E-state index in [4.69, 9.17) is 5.11 Å². The third-order valence-electron chi connectivity index (χ3n) is 4.69. The Morgan fingerprint density at radius 1 is 1.10 bits per heavy atom. The fraction of sp³-hybridized carbons (Fsp3) is 0.941. The molecule has 0 unspecified atom stereocenters. The van der Waals surface area contributed by atoms with E-state index >= 15 is 0 Å². The van der Waals surface area contributed by atoms with E-state index in [0.717, 1.165) is 44.6 Å². The maximum atomic E-state index is 12.4. The quantitative estimate of drug-likeness (QED) is 0.657. The normalized spacial score (nSPS) is 22.8. The molecule has 0 aromatic carbocycles. The van der Waals surface area contributed by atoms with E-state index < -0.39 is 0 Å². The van der Waals surface area contributed by atoms with Gasteiger partial charge in [-0.1, -0.05) is 26.2 Å². The van der Waals surface area contributed by atoms with E-state index in [9.17, 15) is 4.79 Å². The highest BCUT2D eigenvalue weighted by atomic mass is 16.2. The third-order valence-corrected chi connectivity index (χ3v) is 4.69. The SMILES string of the molecule is CCCCC1CCC(C(=O)N(C)CCCCCO)CC1. The van der Waals surface area contributed by atoms with Crippen LogP contribution in [0.5, 0.6) is 0 Å². The fourth-order valence-electron chi connectivity index (χ4n) is 3.25. The van der Waals surface area contributed by atoms with Gasteiger partial charge in [-0.3, -0.25) is 4.79 Å². The maximum Gasteiger partial charge on any atom is 0.225 e. The van der Waals surface area contributed by atoms with Crippen molar-refractivity contribution in [3.05, 3.63) is 0 Å². The van der Waals surface area contributed by atoms with Crippen molar-refractivity contribution in [2.24, 2.45) is 11.8 Å². The van der Waals surface area contributed by atoms with Gasteiger partial charge in [0.2, 0.25) is 5.91 Å². The van der Waals surface area contributed by atoms with Gasteiger partial charge in [0.1, 0.15) is 0 Å². The van der Waals surface area contributed by atoms with Crippen LogP contribution in [-0.2, 0) is 4.79 Å². The first-order valence-electron chi connectivity index (χ1n) is 8.54. The predicted octanol–water partition coefficient (Wildman–Crippen LogP) is 3.60. The molecule has 3 heteroatoms. The van der Waals surface area contributed by atoms with Crippen LogP contribution in [0, 0.1) is 11.8 Å². The monoisotopic (exact) mass is 283 g/mol. The average Bonchev–Trinajstić information content (AvgIpc) is 2.49. The van der Waals surface area contributed by atoms with E-state index in [1.165, 1.54) is 32.1 Å². The van der Waals surface area contributed by atoms with E-state index in [1.807, 2.05) is 11.9 Å². The van der Waals surface area contributed by atoms with Gasteiger partial charge in [0, 0.05) is 26.1 Å². The van der Waals surface area contributed by atoms with Gasteiger partial charge in [0.15, 0.2) is 0 Å². The number of nitrogens with zero attached hydrogens (tertiary/aromatic N) is 1. The lowest BCUT2D eigenvalue weighted by Gasteiger charge is -2.30. The Morgan fingerprint density at radius 2 is 1.80 bits per heavy atom. The zero-order chi connectivity index (χ0) is 14.8. The largest absolute Gasteiger partial charge is 0.396 e. The molecule has 0 heterocycles. The number of carbonyl (C=O) groups is 1. The molecule has 0 aromatic heterocycles. The Balaban J connectivity index is 2.20. The van der Waals surface area contributed by atoms with Crippen LogP contribution < -0.4 is 0 Å². The van der Waals surface area contributed by atoms with Gasteiger partial charge >= 0.3 is 0 Å². The Labute approximate surface area is 124 Å². The minimum Gasteiger partial charge on any atom is -0.396 e. The summed E-state index contributed by atoms with van der Waals surface area (Å²) in [7, 11) is 1.93. The molecule has 118 valence electrons. The Bertz CT molecular complexity index is 260. The third kappa shape index (κ3) is 6.25. The minimum atomic E-state index is 0.263. The molecule has 0 bridgehead atoms. The van der Waals surface area contributed by atoms with Gasteiger partial charge in [-0.25, -0.2) is 0 Å². The molecule has 1 N–H and O–H groups in total. The van der Waals surface area contributed by atoms with Crippen LogP contribution in [0.1, 0.15) is 71.1 Å². The van der Waals surface area contributed by atoms with Crippen LogP contribution in [0.3, 0.4) is 0 Å². The molecule has 3 nitrogen and oxygen atoms in total. The lowest BCUT2D eigenvalue weighted by Crippen LogP contribution is -2.35. The van der Waals surface area contributed by atoms with Crippen LogP contribution in [0.15, 0.2) is 0 Å². The average molecular weight is 283 g/mol. The first kappa shape index (κ1) is 17.5. The number of hydrogen-bond acceptors (Lipinski definition) is 2. The van der Waals surface area contributed by atoms with Crippen LogP contribution >= 0.6 is 0 Å². The number of rotatable bonds is 9. The molecule has 1 amide bonds. The molecular weight excluding hydrogens is 250 g/mol. The van der Waals surface area contributed by atoms with E-state index in [1.54, 1.807) is 0 Å². The Morgan fingerprint density at radius 3 is 2.40 bits per heavy atom. The predicted molar refractivity (Wildman–Crippen MR) is 83.5 cm³/mol. The highest BCUT2D eigenvalue weighted by Gasteiger charge is 2.27. The van der Waals surface area contributed by atoms with E-state index in [2.05, 4.69) is 6.92 Å². The van der Waals surface area contributed by atoms with Crippen molar-refractivity contribution < 1.29 is 9.90 Å². The summed E-state index contributed by atoms with van der Waals surface area (Å²) in [5.74, 6) is 1.49. The first-order chi connectivity index (χ1) is 9.69. The standard InChI is InChI=1S/C17H33NO2/c1-3-4-8-15-9-11-16(12-10-15)17(20)18(2)13-6-5-7-14-19/h15-16,19H,3-14H2,1-2H3. The lowest BCUT2D eigenvalue weighted by atomic mass is 9.79. The molecular formula is C17H33NO2. The molecule has 0 atom stereocenters. The number of unbranched alkanes of at least 4 members (excludes halogenated alkanes) is 3. The van der Waals surface area contributed by atoms with Gasteiger partial charge in [-0.05, 0) is 50.9 Å². The number of aliphatic hydroxyl groups excluding tert-OH is 1. The number of hydrogen-bond donors (Lipinski definition) is 1. The summed E-state index contributed by atoms with van der Waals surface area (Å²) in [5.41, 5.74) is 0. The minimum absolute atomic E-state index is 0.263. The van der Waals surface area contributed by atoms with Crippen molar-refractivity contribution >= 4 is 5.91 Å². The summed E-state index contributed by atoms with van der Waals surface area (Å²) in [6.07, 6.45) is 11.5. The zero-order valence-corrected chi connectivity index (χ0v) is 13.4. The fourth-order valence-corrected chi connectivity index (χ4v) is 3.25. The van der Waals surface area contributed by atoms with Crippen LogP contribution in [-0.4, -0.2) is 36.1 Å². The molecule has 0 spiro atoms. The van der Waals surface area contributed by atoms with Crippen LogP contribution in [0.25, 0.3) is 0 Å². The maximum absolute atomic E-state index is 12.4. The zero-order valence-electron chi connectivity index (χ0n) is 13.4. The molecule has 0 aromatic rings. The Hall–Kier alpha value is -0.570. The van der Waals surface area contributed by atoms with Gasteiger partial charge in [0.25, 0.3) is 0 Å². The molecule has 1 rings (SSSR count). The summed E-state index contributed by atoms with van der Waals surface area (Å²) in [6, 6.07) is 0. The lowest BCUT2D eigenvalue weighted by molar-refractivity contribution is -0.135. The number of carbonyl (C=O) groups excluding carboxylic acids is 1. The summed E-state index contributed by atoms with van der Waals surface area (Å²) in [5, 5.41) is 8.75. The topological polar surface area (TPSA) is 40.5 Å². The van der Waals surface area contributed by atoms with E-state index in [0.29, 0.717) is 5.91 Å². The molecule has 0 aliphatic heterocycles. The van der Waals surface area contributed by atoms with E-state index in [-0.39, 0.29) is 12.5 Å². The van der Waals surface area contributed by atoms with Crippen molar-refractivity contribution in [1.29, 1.82) is 0 Å². The van der Waals surface area contributed by atoms with Crippen molar-refractivity contribution in [2.45, 2.75) is 71.1 Å². The Kier molecular flexibility index (Phi) is 8.92. The van der Waals surface area contributed by atoms with Gasteiger partial charge in [-0.15, -0.1) is 0 Å². The number of amides is 1. The van der Waals surface area contributed by atoms with Crippen molar-refractivity contribution in [3.63, 3.8) is 0 Å². The molecule has 1 aliphatic carbocycles.